The summed E-state index contributed by atoms with van der Waals surface area (Å²) in [7, 11) is -8.48. The third-order valence-electron chi connectivity index (χ3n) is 24.5. The Morgan fingerprint density at radius 2 is 0.706 bits per heavy atom. The lowest BCUT2D eigenvalue weighted by atomic mass is 9.38. The predicted octanol–water partition coefficient (Wildman–Crippen LogP) is 29.4. The number of aryl methyl sites for hydroxylation is 2. The largest absolute Gasteiger partial charge is 0.587 e. The van der Waals surface area contributed by atoms with E-state index in [9.17, 15) is 15.3 Å². The summed E-state index contributed by atoms with van der Waals surface area (Å²) in [4.78, 5) is 0. The van der Waals surface area contributed by atoms with Crippen LogP contribution in [-0.4, -0.2) is 27.9 Å². The molecule has 3 aromatic rings. The molecule has 3 saturated heterocycles. The number of phenolic OH excluding ortho intramolecular Hbond substituents is 3. The van der Waals surface area contributed by atoms with Crippen molar-refractivity contribution in [3.8, 4) is 28.7 Å². The second kappa shape index (κ2) is 39.9. The molecule has 3 unspecified atom stereocenters. The van der Waals surface area contributed by atoms with Crippen LogP contribution in [0.5, 0.6) is 28.7 Å². The molecule has 11 nitrogen and oxygen atoms in total. The molecule has 3 fully saturated rings. The quantitative estimate of drug-likeness (QED) is 0.0366. The van der Waals surface area contributed by atoms with E-state index >= 15 is 9.13 Å². The third-order valence-corrected chi connectivity index (χ3v) is 27.2. The van der Waals surface area contributed by atoms with Gasteiger partial charge in [-0.15, -0.1) is 0 Å². The lowest BCUT2D eigenvalue weighted by Crippen LogP contribution is -2.77. The van der Waals surface area contributed by atoms with Crippen LogP contribution in [0.15, 0.2) is 24.3 Å². The van der Waals surface area contributed by atoms with E-state index in [1.807, 2.05) is 19.1 Å². The SMILES string of the molecule is CCCCCCCCCCCCCC(c1cc(C(C)(C)C)c(O)cc1C)(c1c(C)c2c(O)c3c1OP(=O)(OCC3(C)C)O2)C(CCCCCCCCCCCCC)(CCCCCCCCCCCCC)C(CCCCCCCCCCCCC)(c1cc(C(C)(C)C)c(O)cc1C)C12OP(=O)(O1)O2. The van der Waals surface area contributed by atoms with E-state index in [-0.39, 0.29) is 29.6 Å². The van der Waals surface area contributed by atoms with Crippen LogP contribution in [0.2, 0.25) is 0 Å². The van der Waals surface area contributed by atoms with Gasteiger partial charge in [0.25, 0.3) is 0 Å². The summed E-state index contributed by atoms with van der Waals surface area (Å²) in [6.07, 6.45) is 53.3. The van der Waals surface area contributed by atoms with E-state index in [2.05, 4.69) is 109 Å². The minimum Gasteiger partial charge on any atom is -0.508 e. The molecule has 3 atom stereocenters. The molecule has 6 heterocycles. The van der Waals surface area contributed by atoms with Gasteiger partial charge in [0.2, 0.25) is 0 Å². The fourth-order valence-electron chi connectivity index (χ4n) is 19.0. The average molecular weight is 1460 g/mol. The molecule has 3 N–H and O–H groups in total. The van der Waals surface area contributed by atoms with Crippen LogP contribution in [0.1, 0.15) is 441 Å². The zero-order chi connectivity index (χ0) is 74.3. The number of phosphoric acid groups is 2. The van der Waals surface area contributed by atoms with Crippen molar-refractivity contribution in [2.45, 2.75) is 445 Å². The standard InChI is InChI=1S/C89H150O11P2/c1-16-20-24-28-32-36-40-44-48-52-56-60-86(61-57-53-49-45-41-37-33-29-25-21-17-2,88(89-98-102(94,99-89)100-89,63-59-55-51-47-43-39-35-31-27-23-19-4)73-67-75(84(11,12)13)77(91)65-70(73)6)87(62-58-54-50-46-42-38-34-30-26-22-18-3,72-66-74(83(8,9)10)76(90)64-69(72)5)78-71(7)81-80(92)79-82(78)97-101(93,96-81)95-68-85(79,14)15/h64-67,90-92H,16-63,68H2,1-15H3. The van der Waals surface area contributed by atoms with Gasteiger partial charge in [-0.25, -0.2) is 22.7 Å². The van der Waals surface area contributed by atoms with Crippen LogP contribution in [0.3, 0.4) is 0 Å². The van der Waals surface area contributed by atoms with Crippen LogP contribution in [0, 0.1) is 26.2 Å². The maximum atomic E-state index is 15.9. The molecule has 9 rings (SSSR count). The smallest absolute Gasteiger partial charge is 0.508 e. The molecule has 13 heteroatoms. The van der Waals surface area contributed by atoms with E-state index in [0.717, 1.165) is 142 Å². The van der Waals surface area contributed by atoms with E-state index in [4.69, 9.17) is 27.1 Å². The van der Waals surface area contributed by atoms with Crippen LogP contribution in [0.4, 0.5) is 0 Å². The normalized spacial score (nSPS) is 20.3. The van der Waals surface area contributed by atoms with Gasteiger partial charge >= 0.3 is 21.6 Å². The molecule has 0 radical (unpaired) electrons. The lowest BCUT2D eigenvalue weighted by Gasteiger charge is -2.72. The van der Waals surface area contributed by atoms with Gasteiger partial charge in [0.1, 0.15) is 17.2 Å². The first-order valence-corrected chi connectivity index (χ1v) is 45.5. The van der Waals surface area contributed by atoms with Gasteiger partial charge in [-0.1, -0.05) is 378 Å². The Morgan fingerprint density at radius 1 is 0.392 bits per heavy atom. The molecule has 6 aliphatic rings. The van der Waals surface area contributed by atoms with E-state index in [0.29, 0.717) is 42.6 Å². The van der Waals surface area contributed by atoms with Crippen molar-refractivity contribution >= 4 is 15.6 Å². The summed E-state index contributed by atoms with van der Waals surface area (Å²) in [6.45, 7) is 32.7. The first-order chi connectivity index (χ1) is 48.6. The first-order valence-electron chi connectivity index (χ1n) is 42.6. The molecule has 6 bridgehead atoms. The first kappa shape index (κ1) is 86.2. The summed E-state index contributed by atoms with van der Waals surface area (Å²) >= 11 is 0. The topological polar surface area (TPSA) is 150 Å². The van der Waals surface area contributed by atoms with Crippen LogP contribution in [-0.2, 0) is 54.3 Å². The average Bonchev–Trinajstić information content (AvgIpc) is 0.654. The molecule has 3 aromatic carbocycles. The zero-order valence-corrected chi connectivity index (χ0v) is 69.7. The maximum absolute atomic E-state index is 15.9. The highest BCUT2D eigenvalue weighted by Gasteiger charge is 2.88. The minimum absolute atomic E-state index is 0.0214. The number of fused-ring (bicyclic) bond motifs is 1. The lowest BCUT2D eigenvalue weighted by molar-refractivity contribution is -0.475. The summed E-state index contributed by atoms with van der Waals surface area (Å²) in [6, 6.07) is 8.59. The number of unbranched alkanes of at least 4 members (excludes halogenated alkanes) is 40. The Labute approximate surface area is 624 Å². The third kappa shape index (κ3) is 20.8. The molecule has 582 valence electrons. The Morgan fingerprint density at radius 3 is 1.06 bits per heavy atom. The highest BCUT2D eigenvalue weighted by atomic mass is 31.2. The molecular formula is C89H150O11P2. The fraction of sp³-hybridized carbons (Fsp3) is 0.798. The van der Waals surface area contributed by atoms with Crippen LogP contribution in [0.25, 0.3) is 0 Å². The van der Waals surface area contributed by atoms with Gasteiger partial charge in [-0.05, 0) is 103 Å². The van der Waals surface area contributed by atoms with Gasteiger partial charge in [-0.2, -0.15) is 0 Å². The van der Waals surface area contributed by atoms with E-state index < -0.39 is 54.1 Å². The summed E-state index contributed by atoms with van der Waals surface area (Å²) in [5.74, 6) is -1.05. The molecular weight excluding hydrogens is 1310 g/mol. The highest BCUT2D eigenvalue weighted by Crippen LogP contribution is 2.89. The van der Waals surface area contributed by atoms with Crippen molar-refractivity contribution in [1.29, 1.82) is 0 Å². The summed E-state index contributed by atoms with van der Waals surface area (Å²) < 4.78 is 73.0. The summed E-state index contributed by atoms with van der Waals surface area (Å²) in [5, 5.41) is 38.5. The van der Waals surface area contributed by atoms with Gasteiger partial charge < -0.3 is 24.4 Å². The van der Waals surface area contributed by atoms with Crippen molar-refractivity contribution in [2.75, 3.05) is 6.61 Å². The number of phenols is 3. The van der Waals surface area contributed by atoms with Crippen molar-refractivity contribution in [3.05, 3.63) is 74.3 Å². The fourth-order valence-corrected chi connectivity index (χ4v) is 21.8. The predicted molar refractivity (Wildman–Crippen MR) is 427 cm³/mol. The molecule has 0 amide bonds. The number of rotatable bonds is 54. The Bertz CT molecular complexity index is 3080. The second-order valence-electron chi connectivity index (χ2n) is 35.3. The van der Waals surface area contributed by atoms with E-state index in [1.165, 1.54) is 180 Å². The molecule has 0 spiro atoms. The molecule has 6 aliphatic heterocycles. The molecule has 0 aliphatic carbocycles. The van der Waals surface area contributed by atoms with Crippen LogP contribution < -0.4 is 9.05 Å². The van der Waals surface area contributed by atoms with Crippen molar-refractivity contribution < 1.29 is 51.6 Å². The second-order valence-corrected chi connectivity index (χ2v) is 38.3. The number of hydrogen-bond acceptors (Lipinski definition) is 11. The van der Waals surface area contributed by atoms with Gasteiger partial charge in [0, 0.05) is 32.9 Å². The van der Waals surface area contributed by atoms with Crippen molar-refractivity contribution in [2.24, 2.45) is 5.41 Å². The molecule has 0 saturated carbocycles. The van der Waals surface area contributed by atoms with Gasteiger partial charge in [0.15, 0.2) is 11.5 Å². The zero-order valence-electron chi connectivity index (χ0n) is 68.0. The minimum atomic E-state index is -4.48. The van der Waals surface area contributed by atoms with Gasteiger partial charge in [0.05, 0.1) is 12.0 Å². The van der Waals surface area contributed by atoms with Crippen molar-refractivity contribution in [3.63, 3.8) is 0 Å². The number of hydrogen-bond donors (Lipinski definition) is 3. The van der Waals surface area contributed by atoms with E-state index in [1.54, 1.807) is 0 Å². The summed E-state index contributed by atoms with van der Waals surface area (Å²) in [5.41, 5.74) is 1.65. The maximum Gasteiger partial charge on any atom is 0.587 e. The number of phosphoric ester groups is 2. The molecule has 0 aromatic heterocycles. The van der Waals surface area contributed by atoms with Crippen molar-refractivity contribution in [1.82, 2.24) is 0 Å². The Kier molecular flexibility index (Phi) is 33.7. The van der Waals surface area contributed by atoms with Crippen LogP contribution >= 0.6 is 15.6 Å². The monoisotopic (exact) mass is 1460 g/mol. The number of benzene rings is 3. The van der Waals surface area contributed by atoms with Gasteiger partial charge in [-0.3, -0.25) is 4.52 Å². The Balaban J connectivity index is 1.63. The highest BCUT2D eigenvalue weighted by molar-refractivity contribution is 7.51. The Hall–Kier alpha value is -3.04. The molecule has 102 heavy (non-hydrogen) atoms. The number of aromatic hydroxyl groups is 3.